The van der Waals surface area contributed by atoms with Gasteiger partial charge in [-0.05, 0) is 66.1 Å². The third-order valence-electron chi connectivity index (χ3n) is 5.13. The van der Waals surface area contributed by atoms with E-state index in [2.05, 4.69) is 6.07 Å². The number of aliphatic hydroxyl groups is 1. The van der Waals surface area contributed by atoms with Gasteiger partial charge in [0.05, 0.1) is 11.6 Å². The van der Waals surface area contributed by atoms with Crippen LogP contribution in [-0.2, 0) is 12.8 Å². The molecule has 30 heavy (non-hydrogen) atoms. The molecule has 3 aromatic carbocycles. The van der Waals surface area contributed by atoms with E-state index in [1.807, 2.05) is 42.5 Å². The van der Waals surface area contributed by atoms with Crippen molar-refractivity contribution in [2.75, 3.05) is 6.61 Å². The number of carbonyl (C=O) groups is 1. The zero-order valence-electron chi connectivity index (χ0n) is 16.8. The van der Waals surface area contributed by atoms with Crippen LogP contribution in [0.2, 0.25) is 0 Å². The summed E-state index contributed by atoms with van der Waals surface area (Å²) in [4.78, 5) is 12.7. The Morgan fingerprint density at radius 3 is 2.57 bits per heavy atom. The van der Waals surface area contributed by atoms with E-state index in [-0.39, 0.29) is 18.2 Å². The van der Waals surface area contributed by atoms with Gasteiger partial charge in [0.2, 0.25) is 0 Å². The molecule has 0 spiro atoms. The van der Waals surface area contributed by atoms with Crippen molar-refractivity contribution < 1.29 is 14.3 Å². The number of benzene rings is 3. The first-order chi connectivity index (χ1) is 14.6. The van der Waals surface area contributed by atoms with Gasteiger partial charge in [-0.3, -0.25) is 4.79 Å². The molecule has 0 atom stereocenters. The smallest absolute Gasteiger partial charge is 0.163 e. The van der Waals surface area contributed by atoms with E-state index >= 15 is 0 Å². The quantitative estimate of drug-likeness (QED) is 0.482. The average Bonchev–Trinajstić information content (AvgIpc) is 2.77. The Hall–Kier alpha value is -3.29. The number of aryl methyl sites for hydroxylation is 2. The van der Waals surface area contributed by atoms with E-state index in [1.54, 1.807) is 12.1 Å². The predicted octanol–water partition coefficient (Wildman–Crippen LogP) is 5.49. The minimum atomic E-state index is -0.248. The third kappa shape index (κ3) is 5.40. The zero-order chi connectivity index (χ0) is 21.3. The molecule has 0 heterocycles. The number of rotatable bonds is 9. The molecule has 0 unspecified atom stereocenters. The number of Topliss-reactive ketones (excluding diaryl/α,β-unsaturated/α-hetero) is 1. The van der Waals surface area contributed by atoms with Crippen LogP contribution < -0.4 is 0 Å². The summed E-state index contributed by atoms with van der Waals surface area (Å²) < 4.78 is 13.4. The Balaban J connectivity index is 1.88. The summed E-state index contributed by atoms with van der Waals surface area (Å²) in [6, 6.07) is 21.9. The van der Waals surface area contributed by atoms with Gasteiger partial charge in [-0.25, -0.2) is 4.39 Å². The van der Waals surface area contributed by atoms with Crippen molar-refractivity contribution in [3.63, 3.8) is 0 Å². The Morgan fingerprint density at radius 2 is 1.80 bits per heavy atom. The van der Waals surface area contributed by atoms with Crippen LogP contribution in [0.25, 0.3) is 11.1 Å². The fourth-order valence-electron chi connectivity index (χ4n) is 3.62. The van der Waals surface area contributed by atoms with E-state index in [9.17, 15) is 14.4 Å². The van der Waals surface area contributed by atoms with Crippen LogP contribution in [0.1, 0.15) is 46.3 Å². The van der Waals surface area contributed by atoms with Crippen LogP contribution in [0.15, 0.2) is 66.7 Å². The van der Waals surface area contributed by atoms with Gasteiger partial charge in [0.1, 0.15) is 5.82 Å². The normalized spacial score (nSPS) is 10.6. The summed E-state index contributed by atoms with van der Waals surface area (Å²) in [6.45, 7) is -0.0196. The molecule has 3 rings (SSSR count). The summed E-state index contributed by atoms with van der Waals surface area (Å²) in [5.41, 5.74) is 4.81. The summed E-state index contributed by atoms with van der Waals surface area (Å²) >= 11 is 0. The number of carbonyl (C=O) groups excluding carboxylic acids is 1. The van der Waals surface area contributed by atoms with Gasteiger partial charge in [-0.2, -0.15) is 5.26 Å². The SMILES string of the molecule is N#Cc1ccccc1-c1ccc(C(=O)CCCO)c(CCCc2cccc(F)c2)c1. The highest BCUT2D eigenvalue weighted by Crippen LogP contribution is 2.27. The maximum atomic E-state index is 13.4. The summed E-state index contributed by atoms with van der Waals surface area (Å²) in [5, 5.41) is 18.5. The lowest BCUT2D eigenvalue weighted by atomic mass is 9.91. The summed E-state index contributed by atoms with van der Waals surface area (Å²) in [6.07, 6.45) is 2.87. The topological polar surface area (TPSA) is 61.1 Å². The Morgan fingerprint density at radius 1 is 0.967 bits per heavy atom. The van der Waals surface area contributed by atoms with Crippen LogP contribution in [0, 0.1) is 17.1 Å². The minimum absolute atomic E-state index is 0.00456. The average molecular weight is 401 g/mol. The molecule has 152 valence electrons. The van der Waals surface area contributed by atoms with Crippen LogP contribution in [0.3, 0.4) is 0 Å². The number of hydrogen-bond acceptors (Lipinski definition) is 3. The molecule has 0 saturated heterocycles. The molecule has 4 heteroatoms. The molecule has 0 aliphatic rings. The van der Waals surface area contributed by atoms with Gasteiger partial charge < -0.3 is 5.11 Å². The lowest BCUT2D eigenvalue weighted by Gasteiger charge is -2.13. The van der Waals surface area contributed by atoms with Gasteiger partial charge in [0.15, 0.2) is 5.78 Å². The van der Waals surface area contributed by atoms with Gasteiger partial charge in [-0.15, -0.1) is 0 Å². The molecule has 0 bridgehead atoms. The van der Waals surface area contributed by atoms with Crippen molar-refractivity contribution in [3.05, 3.63) is 94.8 Å². The third-order valence-corrected chi connectivity index (χ3v) is 5.13. The largest absolute Gasteiger partial charge is 0.396 e. The number of ketones is 1. The Bertz CT molecular complexity index is 1070. The molecule has 0 fully saturated rings. The second kappa shape index (κ2) is 10.5. The second-order valence-electron chi connectivity index (χ2n) is 7.26. The van der Waals surface area contributed by atoms with Crippen LogP contribution in [0.4, 0.5) is 4.39 Å². The highest BCUT2D eigenvalue weighted by atomic mass is 19.1. The molecular formula is C26H24FNO2. The first-order valence-electron chi connectivity index (χ1n) is 10.1. The lowest BCUT2D eigenvalue weighted by Crippen LogP contribution is -2.06. The Kier molecular flexibility index (Phi) is 7.48. The summed E-state index contributed by atoms with van der Waals surface area (Å²) in [5.74, 6) is -0.243. The van der Waals surface area contributed by atoms with E-state index in [0.29, 0.717) is 36.8 Å². The van der Waals surface area contributed by atoms with Crippen LogP contribution in [0.5, 0.6) is 0 Å². The fraction of sp³-hybridized carbons (Fsp3) is 0.231. The molecule has 1 N–H and O–H groups in total. The number of nitrogens with zero attached hydrogens (tertiary/aromatic N) is 1. The van der Waals surface area contributed by atoms with Crippen molar-refractivity contribution in [3.8, 4) is 17.2 Å². The Labute approximate surface area is 176 Å². The molecule has 0 saturated carbocycles. The van der Waals surface area contributed by atoms with Crippen LogP contribution >= 0.6 is 0 Å². The van der Waals surface area contributed by atoms with Crippen LogP contribution in [-0.4, -0.2) is 17.5 Å². The van der Waals surface area contributed by atoms with Crippen molar-refractivity contribution in [2.45, 2.75) is 32.1 Å². The standard InChI is InChI=1S/C26H24FNO2/c27-23-10-4-7-19(16-23)6-3-9-20-17-21(24-11-2-1-8-22(24)18-28)13-14-25(20)26(30)12-5-15-29/h1-2,4,7-8,10-11,13-14,16-17,29H,3,5-6,9,12,15H2. The van der Waals surface area contributed by atoms with E-state index in [0.717, 1.165) is 28.7 Å². The van der Waals surface area contributed by atoms with Crippen molar-refractivity contribution in [1.82, 2.24) is 0 Å². The maximum absolute atomic E-state index is 13.4. The van der Waals surface area contributed by atoms with Gasteiger partial charge in [0.25, 0.3) is 0 Å². The van der Waals surface area contributed by atoms with Crippen molar-refractivity contribution in [1.29, 1.82) is 5.26 Å². The molecule has 0 aliphatic carbocycles. The summed E-state index contributed by atoms with van der Waals surface area (Å²) in [7, 11) is 0. The molecular weight excluding hydrogens is 377 g/mol. The molecule has 0 radical (unpaired) electrons. The molecule has 3 nitrogen and oxygen atoms in total. The highest BCUT2D eigenvalue weighted by molar-refractivity contribution is 5.98. The predicted molar refractivity (Wildman–Crippen MR) is 116 cm³/mol. The minimum Gasteiger partial charge on any atom is -0.396 e. The first-order valence-corrected chi connectivity index (χ1v) is 10.1. The lowest BCUT2D eigenvalue weighted by molar-refractivity contribution is 0.0970. The molecule has 3 aromatic rings. The molecule has 0 aromatic heterocycles. The molecule has 0 aliphatic heterocycles. The van der Waals surface area contributed by atoms with Gasteiger partial charge in [0, 0.05) is 18.6 Å². The number of halogens is 1. The second-order valence-corrected chi connectivity index (χ2v) is 7.26. The molecule has 0 amide bonds. The monoisotopic (exact) mass is 401 g/mol. The zero-order valence-corrected chi connectivity index (χ0v) is 16.8. The number of aliphatic hydroxyl groups excluding tert-OH is 1. The number of hydrogen-bond donors (Lipinski definition) is 1. The van der Waals surface area contributed by atoms with Crippen molar-refractivity contribution in [2.24, 2.45) is 0 Å². The van der Waals surface area contributed by atoms with Gasteiger partial charge >= 0.3 is 0 Å². The highest BCUT2D eigenvalue weighted by Gasteiger charge is 2.14. The van der Waals surface area contributed by atoms with Crippen molar-refractivity contribution >= 4 is 5.78 Å². The fourth-order valence-corrected chi connectivity index (χ4v) is 3.62. The number of nitriles is 1. The van der Waals surface area contributed by atoms with E-state index in [4.69, 9.17) is 5.11 Å². The van der Waals surface area contributed by atoms with E-state index < -0.39 is 0 Å². The maximum Gasteiger partial charge on any atom is 0.163 e. The first kappa shape index (κ1) is 21.4. The van der Waals surface area contributed by atoms with Gasteiger partial charge in [-0.1, -0.05) is 48.5 Å². The van der Waals surface area contributed by atoms with E-state index in [1.165, 1.54) is 12.1 Å².